The van der Waals surface area contributed by atoms with Gasteiger partial charge in [0.25, 0.3) is 0 Å². The number of phosphoric ester groups is 1. The van der Waals surface area contributed by atoms with E-state index in [4.69, 9.17) is 9.79 Å². The van der Waals surface area contributed by atoms with Gasteiger partial charge in [0.2, 0.25) is 6.79 Å². The van der Waals surface area contributed by atoms with Gasteiger partial charge in [-0.1, -0.05) is 6.58 Å². The topological polar surface area (TPSA) is 93.1 Å². The van der Waals surface area contributed by atoms with Gasteiger partial charge in [-0.2, -0.15) is 0 Å². The van der Waals surface area contributed by atoms with E-state index < -0.39 is 20.6 Å². The molecule has 0 unspecified atom stereocenters. The SMILES string of the molecule is C=C(C)C(=O)OCOP(=O)(O)O. The summed E-state index contributed by atoms with van der Waals surface area (Å²) in [6.07, 6.45) is 0. The molecule has 0 amide bonds. The smallest absolute Gasteiger partial charge is 0.435 e. The van der Waals surface area contributed by atoms with Gasteiger partial charge in [0.15, 0.2) is 0 Å². The molecule has 0 fully saturated rings. The Morgan fingerprint density at radius 1 is 1.58 bits per heavy atom. The summed E-state index contributed by atoms with van der Waals surface area (Å²) in [5.74, 6) is -0.761. The summed E-state index contributed by atoms with van der Waals surface area (Å²) in [5, 5.41) is 0. The maximum atomic E-state index is 10.6. The van der Waals surface area contributed by atoms with Crippen LogP contribution in [0.2, 0.25) is 0 Å². The average molecular weight is 196 g/mol. The summed E-state index contributed by atoms with van der Waals surface area (Å²) in [6.45, 7) is 3.87. The standard InChI is InChI=1S/C5H9O6P/c1-4(2)5(6)10-3-11-12(7,8)9/h1,3H2,2H3,(H2,7,8,9). The van der Waals surface area contributed by atoms with Crippen molar-refractivity contribution in [1.82, 2.24) is 0 Å². The fraction of sp³-hybridized carbons (Fsp3) is 0.400. The summed E-state index contributed by atoms with van der Waals surface area (Å²) in [4.78, 5) is 26.9. The van der Waals surface area contributed by atoms with Crippen molar-refractivity contribution in [2.45, 2.75) is 6.92 Å². The Kier molecular flexibility index (Phi) is 4.12. The Balaban J connectivity index is 3.65. The summed E-state index contributed by atoms with van der Waals surface area (Å²) in [7, 11) is -4.56. The van der Waals surface area contributed by atoms with Crippen LogP contribution in [-0.2, 0) is 18.6 Å². The largest absolute Gasteiger partial charge is 0.472 e. The molecule has 0 aliphatic carbocycles. The summed E-state index contributed by atoms with van der Waals surface area (Å²) >= 11 is 0. The van der Waals surface area contributed by atoms with Crippen molar-refractivity contribution in [3.05, 3.63) is 12.2 Å². The van der Waals surface area contributed by atoms with Crippen LogP contribution in [0.25, 0.3) is 0 Å². The van der Waals surface area contributed by atoms with Gasteiger partial charge in [0, 0.05) is 5.57 Å². The van der Waals surface area contributed by atoms with Crippen molar-refractivity contribution in [3.8, 4) is 0 Å². The molecule has 0 radical (unpaired) electrons. The number of carbonyl (C=O) groups excluding carboxylic acids is 1. The van der Waals surface area contributed by atoms with E-state index in [1.54, 1.807) is 0 Å². The zero-order valence-corrected chi connectivity index (χ0v) is 7.28. The highest BCUT2D eigenvalue weighted by Crippen LogP contribution is 2.35. The average Bonchev–Trinajstić information content (AvgIpc) is 1.84. The zero-order chi connectivity index (χ0) is 9.78. The van der Waals surface area contributed by atoms with Gasteiger partial charge in [-0.05, 0) is 6.92 Å². The molecule has 0 bridgehead atoms. The maximum Gasteiger partial charge on any atom is 0.472 e. The third kappa shape index (κ3) is 6.06. The van der Waals surface area contributed by atoms with E-state index in [2.05, 4.69) is 15.8 Å². The van der Waals surface area contributed by atoms with Gasteiger partial charge in [0.1, 0.15) is 0 Å². The van der Waals surface area contributed by atoms with Crippen molar-refractivity contribution in [1.29, 1.82) is 0 Å². The van der Waals surface area contributed by atoms with Crippen LogP contribution in [0.5, 0.6) is 0 Å². The molecule has 0 aromatic carbocycles. The van der Waals surface area contributed by atoms with Gasteiger partial charge in [-0.25, -0.2) is 13.9 Å². The lowest BCUT2D eigenvalue weighted by molar-refractivity contribution is -0.145. The molecule has 2 N–H and O–H groups in total. The highest BCUT2D eigenvalue weighted by atomic mass is 31.2. The summed E-state index contributed by atoms with van der Waals surface area (Å²) < 4.78 is 18.1. The number of esters is 1. The Morgan fingerprint density at radius 2 is 2.08 bits per heavy atom. The molecule has 0 atom stereocenters. The quantitative estimate of drug-likeness (QED) is 0.288. The van der Waals surface area contributed by atoms with E-state index in [0.29, 0.717) is 0 Å². The first-order chi connectivity index (χ1) is 5.33. The van der Waals surface area contributed by atoms with Crippen LogP contribution in [0.1, 0.15) is 6.92 Å². The number of hydrogen-bond acceptors (Lipinski definition) is 4. The second-order valence-electron chi connectivity index (χ2n) is 1.95. The lowest BCUT2D eigenvalue weighted by atomic mass is 10.4. The first-order valence-electron chi connectivity index (χ1n) is 2.85. The van der Waals surface area contributed by atoms with Crippen LogP contribution >= 0.6 is 7.82 Å². The first kappa shape index (κ1) is 11.3. The number of hydrogen-bond donors (Lipinski definition) is 2. The van der Waals surface area contributed by atoms with E-state index >= 15 is 0 Å². The Labute approximate surface area is 69.0 Å². The predicted octanol–water partition coefficient (Wildman–Crippen LogP) is 0.172. The Hall–Kier alpha value is -0.680. The highest BCUT2D eigenvalue weighted by Gasteiger charge is 2.14. The zero-order valence-electron chi connectivity index (χ0n) is 6.39. The molecule has 0 aliphatic rings. The van der Waals surface area contributed by atoms with Crippen molar-refractivity contribution < 1.29 is 28.4 Å². The fourth-order valence-electron chi connectivity index (χ4n) is 0.272. The maximum absolute atomic E-state index is 10.6. The lowest BCUT2D eigenvalue weighted by Crippen LogP contribution is -2.07. The first-order valence-corrected chi connectivity index (χ1v) is 4.38. The van der Waals surface area contributed by atoms with Crippen LogP contribution in [0.4, 0.5) is 0 Å². The molecule has 0 aromatic heterocycles. The van der Waals surface area contributed by atoms with Crippen molar-refractivity contribution in [3.63, 3.8) is 0 Å². The van der Waals surface area contributed by atoms with Crippen LogP contribution in [0.3, 0.4) is 0 Å². The molecule has 12 heavy (non-hydrogen) atoms. The predicted molar refractivity (Wildman–Crippen MR) is 38.9 cm³/mol. The molecule has 0 rings (SSSR count). The minimum Gasteiger partial charge on any atom is -0.435 e. The molecule has 0 aliphatic heterocycles. The number of ether oxygens (including phenoxy) is 1. The molecule has 7 heteroatoms. The molecule has 6 nitrogen and oxygen atoms in total. The van der Waals surface area contributed by atoms with Gasteiger partial charge in [0.05, 0.1) is 0 Å². The number of rotatable bonds is 4. The molecule has 0 heterocycles. The molecular weight excluding hydrogens is 187 g/mol. The van der Waals surface area contributed by atoms with E-state index in [9.17, 15) is 9.36 Å². The van der Waals surface area contributed by atoms with Crippen LogP contribution in [-0.4, -0.2) is 22.5 Å². The highest BCUT2D eigenvalue weighted by molar-refractivity contribution is 7.46. The molecule has 0 saturated heterocycles. The van der Waals surface area contributed by atoms with Gasteiger partial charge >= 0.3 is 13.8 Å². The third-order valence-electron chi connectivity index (χ3n) is 0.759. The molecular formula is C5H9O6P. The fourth-order valence-corrected chi connectivity index (χ4v) is 0.462. The summed E-state index contributed by atoms with van der Waals surface area (Å²) in [5.41, 5.74) is 0.129. The van der Waals surface area contributed by atoms with E-state index in [0.717, 1.165) is 0 Å². The second-order valence-corrected chi connectivity index (χ2v) is 3.19. The molecule has 0 aromatic rings. The van der Waals surface area contributed by atoms with Crippen LogP contribution < -0.4 is 0 Å². The minimum atomic E-state index is -4.56. The third-order valence-corrected chi connectivity index (χ3v) is 1.20. The van der Waals surface area contributed by atoms with E-state index in [-0.39, 0.29) is 5.57 Å². The number of carbonyl (C=O) groups is 1. The van der Waals surface area contributed by atoms with Crippen LogP contribution in [0.15, 0.2) is 12.2 Å². The molecule has 0 saturated carbocycles. The van der Waals surface area contributed by atoms with Crippen molar-refractivity contribution in [2.24, 2.45) is 0 Å². The van der Waals surface area contributed by atoms with Crippen molar-refractivity contribution >= 4 is 13.8 Å². The van der Waals surface area contributed by atoms with Crippen molar-refractivity contribution in [2.75, 3.05) is 6.79 Å². The second kappa shape index (κ2) is 4.37. The van der Waals surface area contributed by atoms with Crippen LogP contribution in [0, 0.1) is 0 Å². The normalized spacial score (nSPS) is 10.9. The Morgan fingerprint density at radius 3 is 2.42 bits per heavy atom. The van der Waals surface area contributed by atoms with Gasteiger partial charge < -0.3 is 14.5 Å². The monoisotopic (exact) mass is 196 g/mol. The van der Waals surface area contributed by atoms with Gasteiger partial charge in [-0.15, -0.1) is 0 Å². The van der Waals surface area contributed by atoms with E-state index in [1.165, 1.54) is 6.92 Å². The summed E-state index contributed by atoms with van der Waals surface area (Å²) in [6, 6.07) is 0. The van der Waals surface area contributed by atoms with Gasteiger partial charge in [-0.3, -0.25) is 0 Å². The Bertz CT molecular complexity index is 228. The minimum absolute atomic E-state index is 0.129. The van der Waals surface area contributed by atoms with E-state index in [1.807, 2.05) is 0 Å². The lowest BCUT2D eigenvalue weighted by Gasteiger charge is -2.05. The number of phosphoric acid groups is 1. The molecule has 70 valence electrons. The molecule has 0 spiro atoms.